The second kappa shape index (κ2) is 11.0. The zero-order valence-corrected chi connectivity index (χ0v) is 22.3. The minimum absolute atomic E-state index is 0.165. The predicted molar refractivity (Wildman–Crippen MR) is 149 cm³/mol. The lowest BCUT2D eigenvalue weighted by molar-refractivity contribution is -0.104. The molecule has 38 heavy (non-hydrogen) atoms. The van der Waals surface area contributed by atoms with Gasteiger partial charge in [0.15, 0.2) is 12.1 Å². The maximum absolute atomic E-state index is 13.7. The largest absolute Gasteiger partial charge is 0.351 e. The Morgan fingerprint density at radius 3 is 2.66 bits per heavy atom. The van der Waals surface area contributed by atoms with Crippen LogP contribution < -0.4 is 4.90 Å². The van der Waals surface area contributed by atoms with Crippen molar-refractivity contribution in [1.29, 1.82) is 0 Å². The molecule has 2 aromatic carbocycles. The average Bonchev–Trinajstić information content (AvgIpc) is 2.89. The summed E-state index contributed by atoms with van der Waals surface area (Å²) >= 11 is 0. The van der Waals surface area contributed by atoms with E-state index in [1.165, 1.54) is 12.1 Å². The molecule has 1 saturated heterocycles. The van der Waals surface area contributed by atoms with E-state index in [0.29, 0.717) is 30.2 Å². The Bertz CT molecular complexity index is 1380. The van der Waals surface area contributed by atoms with Gasteiger partial charge in [0.25, 0.3) is 0 Å². The van der Waals surface area contributed by atoms with Gasteiger partial charge in [-0.25, -0.2) is 9.37 Å². The molecule has 2 heterocycles. The van der Waals surface area contributed by atoms with Crippen LogP contribution in [0, 0.1) is 18.7 Å². The van der Waals surface area contributed by atoms with Crippen LogP contribution >= 0.6 is 0 Å². The SMILES string of the molecule is Cc1cc(CN2CCN(c3ccc(-c4cccc(F)c4)cn3)[C@H](CC(C)C)C2)cc2c1CC=C(C=O)C2=O. The first kappa shape index (κ1) is 26.0. The minimum atomic E-state index is -0.251. The molecule has 0 N–H and O–H groups in total. The van der Waals surface area contributed by atoms with E-state index in [2.05, 4.69) is 29.7 Å². The third kappa shape index (κ3) is 5.46. The van der Waals surface area contributed by atoms with Gasteiger partial charge < -0.3 is 4.90 Å². The van der Waals surface area contributed by atoms with Crippen molar-refractivity contribution in [3.8, 4) is 11.1 Å². The molecule has 0 saturated carbocycles. The Morgan fingerprint density at radius 2 is 1.95 bits per heavy atom. The maximum atomic E-state index is 13.7. The molecule has 1 aliphatic carbocycles. The number of fused-ring (bicyclic) bond motifs is 1. The molecule has 6 heteroatoms. The lowest BCUT2D eigenvalue weighted by Crippen LogP contribution is -2.53. The highest BCUT2D eigenvalue weighted by atomic mass is 19.1. The van der Waals surface area contributed by atoms with Crippen LogP contribution in [0.15, 0.2) is 66.4 Å². The average molecular weight is 512 g/mol. The van der Waals surface area contributed by atoms with Gasteiger partial charge in [-0.3, -0.25) is 14.5 Å². The number of aryl methyl sites for hydroxylation is 1. The van der Waals surface area contributed by atoms with Gasteiger partial charge in [-0.2, -0.15) is 0 Å². The fourth-order valence-corrected chi connectivity index (χ4v) is 5.78. The van der Waals surface area contributed by atoms with Crippen LogP contribution in [0.4, 0.5) is 10.2 Å². The third-order valence-electron chi connectivity index (χ3n) is 7.61. The van der Waals surface area contributed by atoms with E-state index in [9.17, 15) is 14.0 Å². The molecule has 1 aromatic heterocycles. The standard InChI is InChI=1S/C32H34FN3O2/c1-21(2)13-28-19-35(18-23-14-22(3)29-9-7-26(20-37)32(38)30(29)15-23)11-12-36(28)31-10-8-25(17-34-31)24-5-4-6-27(33)16-24/h4-8,10,14-17,20-21,28H,9,11-13,18-19H2,1-3H3/t28-/m1/s1. The minimum Gasteiger partial charge on any atom is -0.351 e. The van der Waals surface area contributed by atoms with Crippen LogP contribution in [0.1, 0.15) is 47.3 Å². The summed E-state index contributed by atoms with van der Waals surface area (Å²) in [5.41, 5.74) is 5.89. The monoisotopic (exact) mass is 511 g/mol. The van der Waals surface area contributed by atoms with Crippen LogP contribution in [0.2, 0.25) is 0 Å². The van der Waals surface area contributed by atoms with Crippen molar-refractivity contribution in [2.24, 2.45) is 5.92 Å². The highest BCUT2D eigenvalue weighted by Crippen LogP contribution is 2.29. The maximum Gasteiger partial charge on any atom is 0.196 e. The molecule has 0 bridgehead atoms. The quantitative estimate of drug-likeness (QED) is 0.297. The number of rotatable bonds is 7. The summed E-state index contributed by atoms with van der Waals surface area (Å²) in [6.07, 6.45) is 5.90. The van der Waals surface area contributed by atoms with Gasteiger partial charge in [-0.1, -0.05) is 38.1 Å². The highest BCUT2D eigenvalue weighted by Gasteiger charge is 2.29. The number of benzene rings is 2. The number of carbonyl (C=O) groups excluding carboxylic acids is 2. The number of carbonyl (C=O) groups is 2. The summed E-state index contributed by atoms with van der Waals surface area (Å²) in [6, 6.07) is 15.1. The number of piperazine rings is 1. The van der Waals surface area contributed by atoms with Gasteiger partial charge in [-0.05, 0) is 78.3 Å². The molecule has 0 amide bonds. The molecular formula is C32H34FN3O2. The molecular weight excluding hydrogens is 477 g/mol. The molecule has 0 unspecified atom stereocenters. The normalized spacial score (nSPS) is 17.9. The summed E-state index contributed by atoms with van der Waals surface area (Å²) in [4.78, 5) is 33.7. The second-order valence-electron chi connectivity index (χ2n) is 10.9. The van der Waals surface area contributed by atoms with Gasteiger partial charge in [0.05, 0.1) is 5.57 Å². The van der Waals surface area contributed by atoms with E-state index >= 15 is 0 Å². The zero-order valence-electron chi connectivity index (χ0n) is 22.3. The van der Waals surface area contributed by atoms with Crippen molar-refractivity contribution in [2.45, 2.75) is 46.2 Å². The smallest absolute Gasteiger partial charge is 0.196 e. The number of aldehydes is 1. The summed E-state index contributed by atoms with van der Waals surface area (Å²) in [5.74, 6) is 1.06. The first-order chi connectivity index (χ1) is 18.3. The molecule has 1 fully saturated rings. The number of aromatic nitrogens is 1. The van der Waals surface area contributed by atoms with Crippen molar-refractivity contribution >= 4 is 17.9 Å². The van der Waals surface area contributed by atoms with E-state index in [1.807, 2.05) is 37.4 Å². The number of Topliss-reactive ketones (excluding diaryl/α,β-unsaturated/α-hetero) is 1. The highest BCUT2D eigenvalue weighted by molar-refractivity contribution is 6.21. The number of hydrogen-bond acceptors (Lipinski definition) is 5. The molecule has 1 aliphatic heterocycles. The summed E-state index contributed by atoms with van der Waals surface area (Å²) < 4.78 is 13.7. The van der Waals surface area contributed by atoms with E-state index in [4.69, 9.17) is 4.98 Å². The zero-order chi connectivity index (χ0) is 26.8. The number of ketones is 1. The number of hydrogen-bond donors (Lipinski definition) is 0. The summed E-state index contributed by atoms with van der Waals surface area (Å²) in [6.45, 7) is 9.93. The van der Waals surface area contributed by atoms with E-state index in [-0.39, 0.29) is 17.2 Å². The molecule has 1 atom stereocenters. The lowest BCUT2D eigenvalue weighted by Gasteiger charge is -2.43. The third-order valence-corrected chi connectivity index (χ3v) is 7.61. The van der Waals surface area contributed by atoms with Gasteiger partial charge in [0.1, 0.15) is 11.6 Å². The van der Waals surface area contributed by atoms with Gasteiger partial charge in [0.2, 0.25) is 0 Å². The first-order valence-corrected chi connectivity index (χ1v) is 13.4. The molecule has 0 radical (unpaired) electrons. The molecule has 196 valence electrons. The molecule has 5 nitrogen and oxygen atoms in total. The summed E-state index contributed by atoms with van der Waals surface area (Å²) in [7, 11) is 0. The Hall–Kier alpha value is -3.64. The summed E-state index contributed by atoms with van der Waals surface area (Å²) in [5, 5.41) is 0. The van der Waals surface area contributed by atoms with Gasteiger partial charge in [0, 0.05) is 49.5 Å². The van der Waals surface area contributed by atoms with Crippen LogP contribution in [-0.2, 0) is 17.8 Å². The Labute approximate surface area is 224 Å². The number of nitrogens with zero attached hydrogens (tertiary/aromatic N) is 3. The van der Waals surface area contributed by atoms with Crippen molar-refractivity contribution in [3.63, 3.8) is 0 Å². The first-order valence-electron chi connectivity index (χ1n) is 13.4. The number of allylic oxidation sites excluding steroid dienone is 2. The van der Waals surface area contributed by atoms with Crippen molar-refractivity contribution in [3.05, 3.63) is 94.4 Å². The Balaban J connectivity index is 1.33. The fraction of sp³-hybridized carbons (Fsp3) is 0.344. The van der Waals surface area contributed by atoms with Crippen LogP contribution in [0.25, 0.3) is 11.1 Å². The fourth-order valence-electron chi connectivity index (χ4n) is 5.78. The van der Waals surface area contributed by atoms with E-state index in [1.54, 1.807) is 12.1 Å². The Morgan fingerprint density at radius 1 is 1.11 bits per heavy atom. The molecule has 2 aliphatic rings. The van der Waals surface area contributed by atoms with Crippen LogP contribution in [-0.4, -0.2) is 47.6 Å². The van der Waals surface area contributed by atoms with Crippen molar-refractivity contribution < 1.29 is 14.0 Å². The molecule has 5 rings (SSSR count). The molecule has 3 aromatic rings. The van der Waals surface area contributed by atoms with Crippen LogP contribution in [0.5, 0.6) is 0 Å². The van der Waals surface area contributed by atoms with Crippen LogP contribution in [0.3, 0.4) is 0 Å². The van der Waals surface area contributed by atoms with Crippen molar-refractivity contribution in [2.75, 3.05) is 24.5 Å². The Kier molecular flexibility index (Phi) is 7.52. The van der Waals surface area contributed by atoms with Gasteiger partial charge in [-0.15, -0.1) is 0 Å². The topological polar surface area (TPSA) is 53.5 Å². The predicted octanol–water partition coefficient (Wildman–Crippen LogP) is 5.80. The molecule has 0 spiro atoms. The lowest BCUT2D eigenvalue weighted by atomic mass is 9.86. The number of anilines is 1. The van der Waals surface area contributed by atoms with E-state index < -0.39 is 0 Å². The number of halogens is 1. The van der Waals surface area contributed by atoms with Gasteiger partial charge >= 0.3 is 0 Å². The number of pyridine rings is 1. The van der Waals surface area contributed by atoms with E-state index in [0.717, 1.165) is 66.2 Å². The van der Waals surface area contributed by atoms with Crippen molar-refractivity contribution in [1.82, 2.24) is 9.88 Å². The second-order valence-corrected chi connectivity index (χ2v) is 10.9.